The molecule has 0 N–H and O–H groups in total. The Hall–Kier alpha value is -2.27. The Morgan fingerprint density at radius 3 is 2.12 bits per heavy atom. The molecule has 2 amide bonds. The highest BCUT2D eigenvalue weighted by atomic mass is 32.2. The number of carbonyl (C=O) groups is 2. The van der Waals surface area contributed by atoms with Crippen LogP contribution in [0.1, 0.15) is 31.1 Å². The van der Waals surface area contributed by atoms with E-state index in [0.29, 0.717) is 11.3 Å². The minimum atomic E-state index is -0.694. The van der Waals surface area contributed by atoms with Crippen LogP contribution >= 0.6 is 11.8 Å². The molecule has 0 radical (unpaired) electrons. The third-order valence-corrected chi connectivity index (χ3v) is 3.91. The Balaban J connectivity index is 2.49. The number of rotatable bonds is 3. The summed E-state index contributed by atoms with van der Waals surface area (Å²) in [5, 5.41) is 0. The first-order chi connectivity index (χ1) is 11.3. The first kappa shape index (κ1) is 18.1. The molecule has 0 heterocycles. The minimum absolute atomic E-state index is 0.411. The van der Waals surface area contributed by atoms with Crippen molar-refractivity contribution in [3.05, 3.63) is 60.2 Å². The van der Waals surface area contributed by atoms with Gasteiger partial charge < -0.3 is 4.74 Å². The van der Waals surface area contributed by atoms with Crippen LogP contribution < -0.4 is 4.90 Å². The van der Waals surface area contributed by atoms with Crippen LogP contribution in [0.15, 0.2) is 59.5 Å². The fraction of sp³-hybridized carbons (Fsp3) is 0.263. The average molecular weight is 343 g/mol. The zero-order valence-corrected chi connectivity index (χ0v) is 15.1. The SMILES string of the molecule is CSc1ccccc1N(C(=O)OC(C)(C)C)C(=O)c1ccccc1. The van der Waals surface area contributed by atoms with Gasteiger partial charge in [0.05, 0.1) is 5.69 Å². The Kier molecular flexibility index (Phi) is 5.67. The molecular weight excluding hydrogens is 322 g/mol. The Morgan fingerprint density at radius 2 is 1.54 bits per heavy atom. The van der Waals surface area contributed by atoms with Crippen molar-refractivity contribution in [3.8, 4) is 0 Å². The van der Waals surface area contributed by atoms with Gasteiger partial charge in [0.25, 0.3) is 5.91 Å². The summed E-state index contributed by atoms with van der Waals surface area (Å²) in [5.41, 5.74) is 0.257. The zero-order valence-electron chi connectivity index (χ0n) is 14.3. The summed E-state index contributed by atoms with van der Waals surface area (Å²) >= 11 is 1.47. The molecule has 0 aliphatic rings. The molecule has 0 fully saturated rings. The van der Waals surface area contributed by atoms with Gasteiger partial charge in [0.15, 0.2) is 0 Å². The van der Waals surface area contributed by atoms with Gasteiger partial charge in [-0.1, -0.05) is 30.3 Å². The van der Waals surface area contributed by atoms with Crippen LogP contribution in [0.5, 0.6) is 0 Å². The van der Waals surface area contributed by atoms with E-state index in [9.17, 15) is 9.59 Å². The van der Waals surface area contributed by atoms with Crippen molar-refractivity contribution in [3.63, 3.8) is 0 Å². The van der Waals surface area contributed by atoms with Crippen molar-refractivity contribution >= 4 is 29.4 Å². The maximum absolute atomic E-state index is 13.0. The second-order valence-corrected chi connectivity index (χ2v) is 7.01. The smallest absolute Gasteiger partial charge is 0.422 e. The van der Waals surface area contributed by atoms with Gasteiger partial charge >= 0.3 is 6.09 Å². The summed E-state index contributed by atoms with van der Waals surface area (Å²) in [6.07, 6.45) is 1.22. The first-order valence-electron chi connectivity index (χ1n) is 7.59. The molecule has 0 saturated heterocycles. The molecule has 0 aliphatic heterocycles. The molecule has 5 heteroatoms. The number of anilines is 1. The van der Waals surface area contributed by atoms with Gasteiger partial charge in [-0.25, -0.2) is 9.69 Å². The largest absolute Gasteiger partial charge is 0.443 e. The number of benzene rings is 2. The molecule has 24 heavy (non-hydrogen) atoms. The van der Waals surface area contributed by atoms with Gasteiger partial charge in [0.1, 0.15) is 5.60 Å². The quantitative estimate of drug-likeness (QED) is 0.737. The van der Waals surface area contributed by atoms with E-state index in [1.807, 2.05) is 24.5 Å². The van der Waals surface area contributed by atoms with Gasteiger partial charge in [-0.3, -0.25) is 4.79 Å². The van der Waals surface area contributed by atoms with Crippen molar-refractivity contribution in [2.45, 2.75) is 31.3 Å². The van der Waals surface area contributed by atoms with Crippen molar-refractivity contribution in [1.82, 2.24) is 0 Å². The third-order valence-electron chi connectivity index (χ3n) is 3.13. The molecule has 2 aromatic carbocycles. The number of thioether (sulfide) groups is 1. The standard InChI is InChI=1S/C19H21NO3S/c1-19(2,3)23-18(22)20(15-12-8-9-13-16(15)24-4)17(21)14-10-6-5-7-11-14/h5-13H,1-4H3. The second-order valence-electron chi connectivity index (χ2n) is 6.16. The van der Waals surface area contributed by atoms with E-state index < -0.39 is 17.6 Å². The van der Waals surface area contributed by atoms with Gasteiger partial charge in [-0.05, 0) is 51.3 Å². The summed E-state index contributed by atoms with van der Waals surface area (Å²) in [6, 6.07) is 16.0. The summed E-state index contributed by atoms with van der Waals surface area (Å²) in [6.45, 7) is 5.32. The lowest BCUT2D eigenvalue weighted by Crippen LogP contribution is -2.41. The van der Waals surface area contributed by atoms with Gasteiger partial charge in [-0.15, -0.1) is 11.8 Å². The third kappa shape index (κ3) is 4.38. The number of amides is 2. The molecule has 0 unspecified atom stereocenters. The van der Waals surface area contributed by atoms with Crippen LogP contribution in [0.25, 0.3) is 0 Å². The maximum atomic E-state index is 13.0. The van der Waals surface area contributed by atoms with Crippen LogP contribution in [0.4, 0.5) is 10.5 Å². The van der Waals surface area contributed by atoms with Crippen LogP contribution in [0.2, 0.25) is 0 Å². The molecule has 126 valence electrons. The average Bonchev–Trinajstić information content (AvgIpc) is 2.54. The summed E-state index contributed by atoms with van der Waals surface area (Å²) in [4.78, 5) is 27.6. The molecule has 0 aliphatic carbocycles. The lowest BCUT2D eigenvalue weighted by Gasteiger charge is -2.27. The summed E-state index contributed by atoms with van der Waals surface area (Å²) < 4.78 is 5.45. The van der Waals surface area contributed by atoms with Gasteiger partial charge in [0.2, 0.25) is 0 Å². The first-order valence-corrected chi connectivity index (χ1v) is 8.81. The van der Waals surface area contributed by atoms with Gasteiger partial charge in [0, 0.05) is 10.5 Å². The Morgan fingerprint density at radius 1 is 0.958 bits per heavy atom. The van der Waals surface area contributed by atoms with Crippen LogP contribution in [0.3, 0.4) is 0 Å². The highest BCUT2D eigenvalue weighted by molar-refractivity contribution is 7.98. The molecule has 0 aromatic heterocycles. The van der Waals surface area contributed by atoms with Crippen LogP contribution in [-0.4, -0.2) is 23.9 Å². The Labute approximate surface area is 146 Å². The van der Waals surface area contributed by atoms with Gasteiger partial charge in [-0.2, -0.15) is 0 Å². The van der Waals surface area contributed by atoms with Crippen molar-refractivity contribution in [2.75, 3.05) is 11.2 Å². The van der Waals surface area contributed by atoms with E-state index in [2.05, 4.69) is 0 Å². The van der Waals surface area contributed by atoms with E-state index in [4.69, 9.17) is 4.74 Å². The normalized spacial score (nSPS) is 11.0. The molecule has 2 aromatic rings. The fourth-order valence-corrected chi connectivity index (χ4v) is 2.71. The highest BCUT2D eigenvalue weighted by Crippen LogP contribution is 2.30. The number of para-hydroxylation sites is 1. The van der Waals surface area contributed by atoms with E-state index >= 15 is 0 Å². The van der Waals surface area contributed by atoms with Crippen molar-refractivity contribution in [1.29, 1.82) is 0 Å². The minimum Gasteiger partial charge on any atom is -0.443 e. The lowest BCUT2D eigenvalue weighted by atomic mass is 10.2. The van der Waals surface area contributed by atoms with Crippen molar-refractivity contribution in [2.24, 2.45) is 0 Å². The number of ether oxygens (including phenoxy) is 1. The van der Waals surface area contributed by atoms with E-state index in [-0.39, 0.29) is 0 Å². The molecule has 0 saturated carbocycles. The van der Waals surface area contributed by atoms with E-state index in [1.54, 1.807) is 57.2 Å². The number of imide groups is 1. The number of hydrogen-bond acceptors (Lipinski definition) is 4. The predicted molar refractivity (Wildman–Crippen MR) is 97.7 cm³/mol. The predicted octanol–water partition coefficient (Wildman–Crippen LogP) is 4.99. The molecular formula is C19H21NO3S. The second kappa shape index (κ2) is 7.53. The van der Waals surface area contributed by atoms with Crippen molar-refractivity contribution < 1.29 is 14.3 Å². The number of carbonyl (C=O) groups excluding carboxylic acids is 2. The Bertz CT molecular complexity index is 723. The molecule has 0 bridgehead atoms. The monoisotopic (exact) mass is 343 g/mol. The molecule has 2 rings (SSSR count). The fourth-order valence-electron chi connectivity index (χ4n) is 2.12. The van der Waals surface area contributed by atoms with Crippen LogP contribution in [0, 0.1) is 0 Å². The summed E-state index contributed by atoms with van der Waals surface area (Å²) in [5.74, 6) is -0.411. The molecule has 0 atom stereocenters. The highest BCUT2D eigenvalue weighted by Gasteiger charge is 2.30. The topological polar surface area (TPSA) is 46.6 Å². The number of nitrogens with zero attached hydrogens (tertiary/aromatic N) is 1. The van der Waals surface area contributed by atoms with E-state index in [1.165, 1.54) is 11.8 Å². The summed E-state index contributed by atoms with van der Waals surface area (Å²) in [7, 11) is 0. The zero-order chi connectivity index (χ0) is 17.7. The van der Waals surface area contributed by atoms with E-state index in [0.717, 1.165) is 9.80 Å². The lowest BCUT2D eigenvalue weighted by molar-refractivity contribution is 0.0563. The van der Waals surface area contributed by atoms with Crippen LogP contribution in [-0.2, 0) is 4.74 Å². The molecule has 4 nitrogen and oxygen atoms in total. The number of hydrogen-bond donors (Lipinski definition) is 0. The maximum Gasteiger partial charge on any atom is 0.422 e. The molecule has 0 spiro atoms.